The van der Waals surface area contributed by atoms with E-state index in [2.05, 4.69) is 0 Å². The molecule has 4 rings (SSSR count). The normalized spacial score (nSPS) is 46.7. The molecule has 120 valence electrons. The van der Waals surface area contributed by atoms with Gasteiger partial charge >= 0.3 is 0 Å². The predicted octanol–water partition coefficient (Wildman–Crippen LogP) is 1.55. The van der Waals surface area contributed by atoms with Crippen molar-refractivity contribution in [2.75, 3.05) is 0 Å². The summed E-state index contributed by atoms with van der Waals surface area (Å²) in [5.74, 6) is 0.898. The van der Waals surface area contributed by atoms with Gasteiger partial charge in [-0.1, -0.05) is 13.0 Å². The molecule has 0 aromatic heterocycles. The minimum atomic E-state index is -1.03. The standard InChI is InChI=1S/C18H24O4/c1-18-7-6-12-11-5-3-10(19)8-9(11)2-4-13(12)14(18)15(20)16(21)17(18)22/h3,5,8,12-17,19-22H,2,4,6-7H2,1H3/t12-,13+,14-,15+,16+,17+,18-/m0/s1. The Balaban J connectivity index is 1.74. The molecule has 0 aliphatic heterocycles. The quantitative estimate of drug-likeness (QED) is 0.586. The number of hydrogen-bond donors (Lipinski definition) is 4. The highest BCUT2D eigenvalue weighted by atomic mass is 16.4. The van der Waals surface area contributed by atoms with Crippen molar-refractivity contribution in [3.63, 3.8) is 0 Å². The minimum absolute atomic E-state index is 0.0572. The van der Waals surface area contributed by atoms with Crippen LogP contribution in [-0.2, 0) is 6.42 Å². The molecule has 1 aromatic carbocycles. The fourth-order valence-electron chi connectivity index (χ4n) is 5.62. The summed E-state index contributed by atoms with van der Waals surface area (Å²) < 4.78 is 0. The van der Waals surface area contributed by atoms with Crippen molar-refractivity contribution in [2.45, 2.75) is 56.8 Å². The van der Waals surface area contributed by atoms with Crippen molar-refractivity contribution in [1.29, 1.82) is 0 Å². The molecule has 0 heterocycles. The summed E-state index contributed by atoms with van der Waals surface area (Å²) in [5, 5.41) is 40.7. The number of fused-ring (bicyclic) bond motifs is 5. The van der Waals surface area contributed by atoms with Crippen LogP contribution in [0.25, 0.3) is 0 Å². The van der Waals surface area contributed by atoms with Gasteiger partial charge in [-0.3, -0.25) is 0 Å². The zero-order chi connectivity index (χ0) is 15.6. The summed E-state index contributed by atoms with van der Waals surface area (Å²) in [6, 6.07) is 5.61. The zero-order valence-corrected chi connectivity index (χ0v) is 12.8. The van der Waals surface area contributed by atoms with Gasteiger partial charge in [0.05, 0.1) is 12.2 Å². The molecule has 0 bridgehead atoms. The zero-order valence-electron chi connectivity index (χ0n) is 12.8. The summed E-state index contributed by atoms with van der Waals surface area (Å²) in [6.07, 6.45) is 0.894. The average Bonchev–Trinajstić information content (AvgIpc) is 2.68. The summed E-state index contributed by atoms with van der Waals surface area (Å²) in [4.78, 5) is 0. The summed E-state index contributed by atoms with van der Waals surface area (Å²) >= 11 is 0. The molecule has 2 fully saturated rings. The first kappa shape index (κ1) is 14.5. The maximum atomic E-state index is 10.5. The van der Waals surface area contributed by atoms with Crippen molar-refractivity contribution in [1.82, 2.24) is 0 Å². The molecule has 4 heteroatoms. The van der Waals surface area contributed by atoms with Crippen molar-refractivity contribution < 1.29 is 20.4 Å². The van der Waals surface area contributed by atoms with E-state index in [0.717, 1.165) is 25.7 Å². The Morgan fingerprint density at radius 1 is 1.09 bits per heavy atom. The van der Waals surface area contributed by atoms with Gasteiger partial charge in [0.25, 0.3) is 0 Å². The van der Waals surface area contributed by atoms with Crippen LogP contribution in [0, 0.1) is 17.3 Å². The van der Waals surface area contributed by atoms with Gasteiger partial charge in [0.2, 0.25) is 0 Å². The number of phenols is 1. The lowest BCUT2D eigenvalue weighted by atomic mass is 9.55. The fraction of sp³-hybridized carbons (Fsp3) is 0.667. The number of benzene rings is 1. The van der Waals surface area contributed by atoms with Gasteiger partial charge in [0.15, 0.2) is 0 Å². The van der Waals surface area contributed by atoms with Gasteiger partial charge in [0, 0.05) is 5.41 Å². The predicted molar refractivity (Wildman–Crippen MR) is 81.5 cm³/mol. The molecule has 0 spiro atoms. The van der Waals surface area contributed by atoms with Crippen LogP contribution < -0.4 is 0 Å². The second kappa shape index (κ2) is 4.70. The van der Waals surface area contributed by atoms with Gasteiger partial charge in [-0.2, -0.15) is 0 Å². The second-order valence-electron chi connectivity index (χ2n) is 7.69. The molecule has 4 nitrogen and oxygen atoms in total. The Labute approximate surface area is 130 Å². The highest BCUT2D eigenvalue weighted by molar-refractivity contribution is 5.40. The molecule has 1 aromatic rings. The van der Waals surface area contributed by atoms with Gasteiger partial charge in [0.1, 0.15) is 11.9 Å². The molecule has 2 saturated carbocycles. The van der Waals surface area contributed by atoms with Crippen LogP contribution in [0.1, 0.15) is 43.2 Å². The van der Waals surface area contributed by atoms with Crippen LogP contribution in [0.2, 0.25) is 0 Å². The van der Waals surface area contributed by atoms with E-state index in [9.17, 15) is 20.4 Å². The van der Waals surface area contributed by atoms with E-state index in [-0.39, 0.29) is 11.8 Å². The maximum absolute atomic E-state index is 10.5. The minimum Gasteiger partial charge on any atom is -0.508 e. The molecule has 0 amide bonds. The van der Waals surface area contributed by atoms with Crippen molar-refractivity contribution in [3.05, 3.63) is 29.3 Å². The molecule has 0 saturated heterocycles. The molecule has 22 heavy (non-hydrogen) atoms. The number of hydrogen-bond acceptors (Lipinski definition) is 4. The second-order valence-corrected chi connectivity index (χ2v) is 7.69. The first-order valence-electron chi connectivity index (χ1n) is 8.29. The third kappa shape index (κ3) is 1.75. The number of aromatic hydroxyl groups is 1. The monoisotopic (exact) mass is 304 g/mol. The number of phenolic OH excluding ortho intramolecular Hbond substituents is 1. The van der Waals surface area contributed by atoms with E-state index in [4.69, 9.17) is 0 Å². The van der Waals surface area contributed by atoms with Crippen LogP contribution in [-0.4, -0.2) is 38.7 Å². The van der Waals surface area contributed by atoms with Gasteiger partial charge in [-0.15, -0.1) is 0 Å². The number of rotatable bonds is 0. The van der Waals surface area contributed by atoms with Gasteiger partial charge in [-0.05, 0) is 66.7 Å². The molecular formula is C18H24O4. The topological polar surface area (TPSA) is 80.9 Å². The van der Waals surface area contributed by atoms with E-state index in [0.29, 0.717) is 11.7 Å². The van der Waals surface area contributed by atoms with E-state index < -0.39 is 23.7 Å². The molecule has 3 aliphatic rings. The van der Waals surface area contributed by atoms with Gasteiger partial charge in [-0.25, -0.2) is 0 Å². The lowest BCUT2D eigenvalue weighted by Crippen LogP contribution is -2.46. The molecule has 7 atom stereocenters. The lowest BCUT2D eigenvalue weighted by molar-refractivity contribution is -0.0505. The van der Waals surface area contributed by atoms with E-state index >= 15 is 0 Å². The maximum Gasteiger partial charge on any atom is 0.115 e. The average molecular weight is 304 g/mol. The molecule has 3 aliphatic carbocycles. The Bertz CT molecular complexity index is 601. The highest BCUT2D eigenvalue weighted by Crippen LogP contribution is 2.60. The van der Waals surface area contributed by atoms with Gasteiger partial charge < -0.3 is 20.4 Å². The number of aryl methyl sites for hydroxylation is 1. The number of aliphatic hydroxyl groups is 3. The Kier molecular flexibility index (Phi) is 3.09. The van der Waals surface area contributed by atoms with E-state index in [1.165, 1.54) is 11.1 Å². The van der Waals surface area contributed by atoms with Crippen LogP contribution >= 0.6 is 0 Å². The Morgan fingerprint density at radius 2 is 1.86 bits per heavy atom. The number of aliphatic hydroxyl groups excluding tert-OH is 3. The summed E-state index contributed by atoms with van der Waals surface area (Å²) in [5.41, 5.74) is 2.09. The third-order valence-electron chi connectivity index (χ3n) is 6.72. The molecule has 0 unspecified atom stereocenters. The van der Waals surface area contributed by atoms with Crippen LogP contribution in [0.15, 0.2) is 18.2 Å². The lowest BCUT2D eigenvalue weighted by Gasteiger charge is -2.50. The van der Waals surface area contributed by atoms with E-state index in [1.807, 2.05) is 19.1 Å². The fourth-order valence-corrected chi connectivity index (χ4v) is 5.62. The SMILES string of the molecule is C[C@]12CC[C@H]3c4ccc(O)cc4CC[C@H]3[C@H]1[C@@H](O)[C@@H](O)[C@H]2O. The van der Waals surface area contributed by atoms with Crippen LogP contribution in [0.5, 0.6) is 5.75 Å². The van der Waals surface area contributed by atoms with Crippen LogP contribution in [0.3, 0.4) is 0 Å². The Morgan fingerprint density at radius 3 is 2.64 bits per heavy atom. The first-order valence-corrected chi connectivity index (χ1v) is 8.29. The van der Waals surface area contributed by atoms with Crippen molar-refractivity contribution in [2.24, 2.45) is 17.3 Å². The van der Waals surface area contributed by atoms with E-state index in [1.54, 1.807) is 6.07 Å². The van der Waals surface area contributed by atoms with Crippen LogP contribution in [0.4, 0.5) is 0 Å². The largest absolute Gasteiger partial charge is 0.508 e. The smallest absolute Gasteiger partial charge is 0.115 e. The third-order valence-corrected chi connectivity index (χ3v) is 6.72. The molecular weight excluding hydrogens is 280 g/mol. The van der Waals surface area contributed by atoms with Crippen molar-refractivity contribution >= 4 is 0 Å². The summed E-state index contributed by atoms with van der Waals surface area (Å²) in [6.45, 7) is 2.02. The highest BCUT2D eigenvalue weighted by Gasteiger charge is 2.62. The van der Waals surface area contributed by atoms with Crippen molar-refractivity contribution in [3.8, 4) is 5.75 Å². The summed E-state index contributed by atoms with van der Waals surface area (Å²) in [7, 11) is 0. The first-order chi connectivity index (χ1) is 10.4. The Hall–Kier alpha value is -1.10. The molecule has 4 N–H and O–H groups in total. The molecule has 0 radical (unpaired) electrons.